The van der Waals surface area contributed by atoms with Gasteiger partial charge in [-0.25, -0.2) is 0 Å². The molecule has 0 spiro atoms. The Hall–Kier alpha value is -1.10. The molecule has 0 aliphatic carbocycles. The molecule has 2 aromatic rings. The maximum atomic E-state index is 10.1. The van der Waals surface area contributed by atoms with E-state index in [2.05, 4.69) is 73.0 Å². The number of quaternary nitrogens is 2. The van der Waals surface area contributed by atoms with E-state index in [0.29, 0.717) is 12.6 Å². The van der Waals surface area contributed by atoms with Gasteiger partial charge in [0.2, 0.25) is 0 Å². The molecule has 5 heteroatoms. The van der Waals surface area contributed by atoms with Crippen LogP contribution in [0.2, 0.25) is 0 Å². The van der Waals surface area contributed by atoms with E-state index in [1.165, 1.54) is 16.8 Å². The predicted molar refractivity (Wildman–Crippen MR) is 90.0 cm³/mol. The van der Waals surface area contributed by atoms with E-state index in [-0.39, 0.29) is 30.9 Å². The number of aryl methyl sites for hydroxylation is 1. The van der Waals surface area contributed by atoms with E-state index < -0.39 is 0 Å². The second-order valence-electron chi connectivity index (χ2n) is 6.14. The largest absolute Gasteiger partial charge is 1.00 e. The highest BCUT2D eigenvalue weighted by atomic mass is 35.5. The zero-order valence-corrected chi connectivity index (χ0v) is 15.8. The normalized spacial score (nSPS) is 12.6. The molecule has 134 valence electrons. The smallest absolute Gasteiger partial charge is 0.152 e. The van der Waals surface area contributed by atoms with Gasteiger partial charge in [-0.1, -0.05) is 48.0 Å². The van der Waals surface area contributed by atoms with Gasteiger partial charge in [0.05, 0.1) is 6.04 Å². The molecule has 0 heterocycles. The van der Waals surface area contributed by atoms with E-state index in [9.17, 15) is 5.11 Å². The van der Waals surface area contributed by atoms with Gasteiger partial charge < -0.3 is 40.6 Å². The number of hydrogen-bond donors (Lipinski definition) is 3. The van der Waals surface area contributed by atoms with Crippen LogP contribution in [0.25, 0.3) is 0 Å². The molecule has 2 rings (SSSR count). The van der Waals surface area contributed by atoms with Crippen molar-refractivity contribution in [2.45, 2.75) is 32.4 Å². The Morgan fingerprint density at radius 3 is 2.17 bits per heavy atom. The lowest BCUT2D eigenvalue weighted by Gasteiger charge is -2.13. The minimum absolute atomic E-state index is 0. The zero-order valence-electron chi connectivity index (χ0n) is 14.3. The van der Waals surface area contributed by atoms with Crippen LogP contribution in [-0.4, -0.2) is 30.3 Å². The Labute approximate surface area is 157 Å². The molecule has 2 aromatic carbocycles. The topological polar surface area (TPSA) is 53.5 Å². The summed E-state index contributed by atoms with van der Waals surface area (Å²) in [6.07, 6.45) is 0.745. The summed E-state index contributed by atoms with van der Waals surface area (Å²) in [5, 5.41) is 14.5. The van der Waals surface area contributed by atoms with Gasteiger partial charge in [-0.05, 0) is 31.5 Å². The van der Waals surface area contributed by atoms with Crippen molar-refractivity contribution in [3.05, 3.63) is 65.7 Å². The third-order valence-corrected chi connectivity index (χ3v) is 3.91. The molecule has 0 aliphatic rings. The average molecular weight is 371 g/mol. The number of benzene rings is 2. The van der Waals surface area contributed by atoms with E-state index >= 15 is 0 Å². The third-order valence-electron chi connectivity index (χ3n) is 3.91. The fraction of sp³-hybridized carbons (Fsp3) is 0.368. The molecular formula is C19H28Cl2N2O. The van der Waals surface area contributed by atoms with E-state index in [0.717, 1.165) is 13.0 Å². The first-order chi connectivity index (χ1) is 10.6. The van der Waals surface area contributed by atoms with Gasteiger partial charge in [0.25, 0.3) is 0 Å². The molecule has 0 saturated heterocycles. The highest BCUT2D eigenvalue weighted by Gasteiger charge is 2.13. The molecule has 0 amide bonds. The van der Waals surface area contributed by atoms with Gasteiger partial charge >= 0.3 is 0 Å². The fourth-order valence-corrected chi connectivity index (χ4v) is 2.53. The van der Waals surface area contributed by atoms with Crippen molar-refractivity contribution in [1.82, 2.24) is 0 Å². The second kappa shape index (κ2) is 12.3. The lowest BCUT2D eigenvalue weighted by atomic mass is 10.1. The molecule has 0 aromatic heterocycles. The number of rotatable bonds is 8. The molecule has 0 bridgehead atoms. The average Bonchev–Trinajstić information content (AvgIpc) is 2.53. The van der Waals surface area contributed by atoms with Crippen LogP contribution in [0.3, 0.4) is 0 Å². The van der Waals surface area contributed by atoms with Crippen LogP contribution in [0.15, 0.2) is 54.6 Å². The van der Waals surface area contributed by atoms with E-state index in [1.807, 2.05) is 6.07 Å². The van der Waals surface area contributed by atoms with Gasteiger partial charge in [0, 0.05) is 6.42 Å². The highest BCUT2D eigenvalue weighted by molar-refractivity contribution is 5.31. The molecule has 2 unspecified atom stereocenters. The number of aliphatic hydroxyl groups excluding tert-OH is 1. The standard InChI is InChI=1S/C19H26N2O.2ClH/c1-15-8-10-18(11-9-15)21-14-19(22)13-20-16(2)12-17-6-4-3-5-7-17;;/h3-11,16,19-22H,12-14H2,1-2H3;2*1H. The van der Waals surface area contributed by atoms with Crippen LogP contribution in [-0.2, 0) is 6.42 Å². The van der Waals surface area contributed by atoms with Gasteiger partial charge in [0.1, 0.15) is 18.8 Å². The van der Waals surface area contributed by atoms with Crippen LogP contribution >= 0.6 is 0 Å². The summed E-state index contributed by atoms with van der Waals surface area (Å²) < 4.78 is 0. The molecule has 24 heavy (non-hydrogen) atoms. The summed E-state index contributed by atoms with van der Waals surface area (Å²) in [7, 11) is 0. The summed E-state index contributed by atoms with van der Waals surface area (Å²) in [5.74, 6) is 0. The van der Waals surface area contributed by atoms with Crippen LogP contribution in [0.4, 0.5) is 5.69 Å². The monoisotopic (exact) mass is 370 g/mol. The number of nitrogens with two attached hydrogens (primary N) is 2. The zero-order chi connectivity index (χ0) is 15.8. The first-order valence-electron chi connectivity index (χ1n) is 8.08. The molecular weight excluding hydrogens is 343 g/mol. The lowest BCUT2D eigenvalue weighted by molar-refractivity contribution is -0.698. The molecule has 3 nitrogen and oxygen atoms in total. The molecule has 0 aliphatic heterocycles. The number of halogens is 2. The van der Waals surface area contributed by atoms with Crippen molar-refractivity contribution in [2.75, 3.05) is 13.1 Å². The molecule has 0 fully saturated rings. The van der Waals surface area contributed by atoms with Crippen molar-refractivity contribution in [3.8, 4) is 0 Å². The maximum Gasteiger partial charge on any atom is 0.152 e. The molecule has 0 saturated carbocycles. The summed E-state index contributed by atoms with van der Waals surface area (Å²) >= 11 is 0. The first kappa shape index (κ1) is 22.9. The Bertz CT molecular complexity index is 549. The minimum Gasteiger partial charge on any atom is -1.00 e. The summed E-state index contributed by atoms with van der Waals surface area (Å²) in [5.41, 5.74) is 3.80. The van der Waals surface area contributed by atoms with E-state index in [1.54, 1.807) is 0 Å². The van der Waals surface area contributed by atoms with Gasteiger partial charge in [-0.2, -0.15) is 0 Å². The highest BCUT2D eigenvalue weighted by Crippen LogP contribution is 2.02. The van der Waals surface area contributed by atoms with E-state index in [4.69, 9.17) is 0 Å². The van der Waals surface area contributed by atoms with Crippen molar-refractivity contribution in [3.63, 3.8) is 0 Å². The third kappa shape index (κ3) is 8.67. The Morgan fingerprint density at radius 1 is 0.917 bits per heavy atom. The second-order valence-corrected chi connectivity index (χ2v) is 6.14. The van der Waals surface area contributed by atoms with Crippen LogP contribution < -0.4 is 35.4 Å². The SMILES string of the molecule is Cc1ccc([NH2+]CC(O)C[NH2+]C(C)Cc2ccccc2)cc1.[Cl-].[Cl-]. The molecule has 0 radical (unpaired) electrons. The van der Waals surface area contributed by atoms with Crippen LogP contribution in [0.5, 0.6) is 0 Å². The van der Waals surface area contributed by atoms with Crippen molar-refractivity contribution in [2.24, 2.45) is 0 Å². The first-order valence-corrected chi connectivity index (χ1v) is 8.08. The number of aliphatic hydroxyl groups is 1. The maximum absolute atomic E-state index is 10.1. The van der Waals surface area contributed by atoms with Crippen molar-refractivity contribution in [1.29, 1.82) is 0 Å². The summed E-state index contributed by atoms with van der Waals surface area (Å²) in [4.78, 5) is 0. The summed E-state index contributed by atoms with van der Waals surface area (Å²) in [6.45, 7) is 5.75. The molecule has 5 N–H and O–H groups in total. The van der Waals surface area contributed by atoms with Crippen LogP contribution in [0, 0.1) is 6.92 Å². The Morgan fingerprint density at radius 2 is 1.54 bits per heavy atom. The van der Waals surface area contributed by atoms with Crippen molar-refractivity contribution >= 4 is 5.69 Å². The quantitative estimate of drug-likeness (QED) is 0.399. The van der Waals surface area contributed by atoms with Gasteiger partial charge in [-0.3, -0.25) is 0 Å². The lowest BCUT2D eigenvalue weighted by Crippen LogP contribution is -3.00. The Balaban J connectivity index is 0.00000264. The number of hydrogen-bond acceptors (Lipinski definition) is 1. The van der Waals surface area contributed by atoms with Crippen LogP contribution in [0.1, 0.15) is 18.1 Å². The molecule has 2 atom stereocenters. The van der Waals surface area contributed by atoms with Gasteiger partial charge in [0.15, 0.2) is 6.10 Å². The predicted octanol–water partition coefficient (Wildman–Crippen LogP) is -5.25. The minimum atomic E-state index is -0.292. The summed E-state index contributed by atoms with van der Waals surface area (Å²) in [6, 6.07) is 19.4. The Kier molecular flexibility index (Phi) is 11.7. The van der Waals surface area contributed by atoms with Gasteiger partial charge in [-0.15, -0.1) is 0 Å². The fourth-order valence-electron chi connectivity index (χ4n) is 2.53. The van der Waals surface area contributed by atoms with Crippen molar-refractivity contribution < 1.29 is 40.6 Å².